The van der Waals surface area contributed by atoms with Crippen molar-refractivity contribution in [3.63, 3.8) is 0 Å². The van der Waals surface area contributed by atoms with Crippen molar-refractivity contribution in [3.05, 3.63) is 39.4 Å². The van der Waals surface area contributed by atoms with E-state index >= 15 is 0 Å². The summed E-state index contributed by atoms with van der Waals surface area (Å²) < 4.78 is 26.7. The molecule has 1 aromatic carbocycles. The number of nitro groups is 1. The Morgan fingerprint density at radius 2 is 2.12 bits per heavy atom. The van der Waals surface area contributed by atoms with E-state index in [1.165, 1.54) is 0 Å². The second-order valence-electron chi connectivity index (χ2n) is 2.96. The van der Waals surface area contributed by atoms with Gasteiger partial charge in [-0.25, -0.2) is 4.39 Å². The number of halogens is 3. The molecule has 0 aliphatic rings. The van der Waals surface area contributed by atoms with Gasteiger partial charge >= 0.3 is 5.69 Å². The fourth-order valence-corrected chi connectivity index (χ4v) is 1.34. The molecule has 1 N–H and O–H groups in total. The third-order valence-corrected chi connectivity index (χ3v) is 2.27. The predicted octanol–water partition coefficient (Wildman–Crippen LogP) is 2.00. The van der Waals surface area contributed by atoms with Crippen LogP contribution >= 0.6 is 15.9 Å². The molecular formula is C9H7BrF2N2O3. The van der Waals surface area contributed by atoms with Crippen molar-refractivity contribution in [2.24, 2.45) is 0 Å². The van der Waals surface area contributed by atoms with Crippen LogP contribution in [0.3, 0.4) is 0 Å². The molecular weight excluding hydrogens is 302 g/mol. The van der Waals surface area contributed by atoms with E-state index < -0.39 is 33.7 Å². The highest BCUT2D eigenvalue weighted by atomic mass is 79.9. The summed E-state index contributed by atoms with van der Waals surface area (Å²) in [7, 11) is 0. The predicted molar refractivity (Wildman–Crippen MR) is 59.1 cm³/mol. The van der Waals surface area contributed by atoms with Crippen LogP contribution in [0.1, 0.15) is 10.4 Å². The maximum absolute atomic E-state index is 13.5. The van der Waals surface area contributed by atoms with E-state index in [-0.39, 0.29) is 6.54 Å². The minimum atomic E-state index is -1.47. The first-order valence-electron chi connectivity index (χ1n) is 4.45. The Kier molecular flexibility index (Phi) is 4.50. The van der Waals surface area contributed by atoms with Crippen LogP contribution in [0.2, 0.25) is 0 Å². The zero-order valence-corrected chi connectivity index (χ0v) is 9.96. The van der Waals surface area contributed by atoms with Gasteiger partial charge in [-0.05, 0) is 6.07 Å². The van der Waals surface area contributed by atoms with Gasteiger partial charge in [0.05, 0.1) is 4.92 Å². The Labute approximate surface area is 103 Å². The van der Waals surface area contributed by atoms with Crippen LogP contribution in [0.5, 0.6) is 0 Å². The Morgan fingerprint density at radius 1 is 1.47 bits per heavy atom. The summed E-state index contributed by atoms with van der Waals surface area (Å²) in [5.74, 6) is -3.63. The number of hydrogen-bond donors (Lipinski definition) is 1. The van der Waals surface area contributed by atoms with Crippen molar-refractivity contribution in [1.29, 1.82) is 0 Å². The summed E-state index contributed by atoms with van der Waals surface area (Å²) in [6, 6.07) is 1.36. The summed E-state index contributed by atoms with van der Waals surface area (Å²) in [4.78, 5) is 20.8. The lowest BCUT2D eigenvalue weighted by Gasteiger charge is -2.05. The lowest BCUT2D eigenvalue weighted by Crippen LogP contribution is -2.27. The first-order chi connectivity index (χ1) is 7.99. The highest BCUT2D eigenvalue weighted by molar-refractivity contribution is 9.09. The van der Waals surface area contributed by atoms with Crippen molar-refractivity contribution in [2.75, 3.05) is 11.9 Å². The van der Waals surface area contributed by atoms with E-state index in [1.54, 1.807) is 0 Å². The third-order valence-electron chi connectivity index (χ3n) is 1.87. The standard InChI is InChI=1S/C9H7BrF2N2O3/c10-3-4-13-9(15)7-5(11)1-2-6(8(7)12)14(16)17/h1-2H,3-4H2,(H,13,15). The highest BCUT2D eigenvalue weighted by Crippen LogP contribution is 2.22. The number of nitro benzene ring substituents is 1. The third kappa shape index (κ3) is 2.96. The summed E-state index contributed by atoms with van der Waals surface area (Å²) in [5.41, 5.74) is -1.88. The van der Waals surface area contributed by atoms with Gasteiger partial charge < -0.3 is 5.32 Å². The zero-order valence-electron chi connectivity index (χ0n) is 8.37. The van der Waals surface area contributed by atoms with Crippen LogP contribution in [-0.2, 0) is 0 Å². The maximum Gasteiger partial charge on any atom is 0.305 e. The Bertz CT molecular complexity index is 468. The second kappa shape index (κ2) is 5.67. The first kappa shape index (κ1) is 13.5. The van der Waals surface area contributed by atoms with Gasteiger partial charge in [0.1, 0.15) is 11.4 Å². The molecule has 0 spiro atoms. The van der Waals surface area contributed by atoms with E-state index in [0.717, 1.165) is 0 Å². The number of rotatable bonds is 4. The number of nitrogens with one attached hydrogen (secondary N) is 1. The van der Waals surface area contributed by atoms with Gasteiger partial charge in [-0.2, -0.15) is 4.39 Å². The number of carbonyl (C=O) groups is 1. The fourth-order valence-electron chi connectivity index (χ4n) is 1.14. The maximum atomic E-state index is 13.5. The molecule has 0 fully saturated rings. The number of carbonyl (C=O) groups excluding carboxylic acids is 1. The van der Waals surface area contributed by atoms with Gasteiger partial charge in [0.2, 0.25) is 5.82 Å². The second-order valence-corrected chi connectivity index (χ2v) is 3.75. The molecule has 5 nitrogen and oxygen atoms in total. The quantitative estimate of drug-likeness (QED) is 0.525. The summed E-state index contributed by atoms with van der Waals surface area (Å²) in [5, 5.41) is 13.0. The number of hydrogen-bond acceptors (Lipinski definition) is 3. The van der Waals surface area contributed by atoms with Crippen LogP contribution in [0.15, 0.2) is 12.1 Å². The molecule has 8 heteroatoms. The van der Waals surface area contributed by atoms with Gasteiger partial charge in [0.15, 0.2) is 0 Å². The molecule has 0 atom stereocenters. The highest BCUT2D eigenvalue weighted by Gasteiger charge is 2.25. The number of alkyl halides is 1. The molecule has 17 heavy (non-hydrogen) atoms. The van der Waals surface area contributed by atoms with Crippen LogP contribution in [0.4, 0.5) is 14.5 Å². The monoisotopic (exact) mass is 308 g/mol. The molecule has 0 bridgehead atoms. The lowest BCUT2D eigenvalue weighted by atomic mass is 10.1. The topological polar surface area (TPSA) is 72.2 Å². The van der Waals surface area contributed by atoms with Gasteiger partial charge in [-0.1, -0.05) is 15.9 Å². The van der Waals surface area contributed by atoms with Crippen molar-refractivity contribution < 1.29 is 18.5 Å². The molecule has 1 rings (SSSR count). The average Bonchev–Trinajstić information content (AvgIpc) is 2.25. The molecule has 0 unspecified atom stereocenters. The van der Waals surface area contributed by atoms with Gasteiger partial charge in [-0.3, -0.25) is 14.9 Å². The Hall–Kier alpha value is -1.57. The first-order valence-corrected chi connectivity index (χ1v) is 5.57. The van der Waals surface area contributed by atoms with E-state index in [4.69, 9.17) is 0 Å². The molecule has 1 amide bonds. The summed E-state index contributed by atoms with van der Waals surface area (Å²) in [6.45, 7) is 0.153. The van der Waals surface area contributed by atoms with Crippen molar-refractivity contribution in [2.45, 2.75) is 0 Å². The molecule has 0 saturated heterocycles. The number of benzene rings is 1. The van der Waals surface area contributed by atoms with Gasteiger partial charge in [-0.15, -0.1) is 0 Å². The molecule has 0 aliphatic heterocycles. The molecule has 0 aromatic heterocycles. The Morgan fingerprint density at radius 3 is 2.65 bits per heavy atom. The SMILES string of the molecule is O=C(NCCBr)c1c(F)ccc([N+](=O)[O-])c1F. The fraction of sp³-hybridized carbons (Fsp3) is 0.222. The minimum Gasteiger partial charge on any atom is -0.351 e. The smallest absolute Gasteiger partial charge is 0.305 e. The van der Waals surface area contributed by atoms with Gasteiger partial charge in [0, 0.05) is 17.9 Å². The molecule has 0 saturated carbocycles. The van der Waals surface area contributed by atoms with Crippen molar-refractivity contribution in [3.8, 4) is 0 Å². The number of amides is 1. The van der Waals surface area contributed by atoms with Gasteiger partial charge in [0.25, 0.3) is 5.91 Å². The largest absolute Gasteiger partial charge is 0.351 e. The molecule has 0 heterocycles. The van der Waals surface area contributed by atoms with E-state index in [2.05, 4.69) is 21.2 Å². The lowest BCUT2D eigenvalue weighted by molar-refractivity contribution is -0.387. The number of nitrogens with zero attached hydrogens (tertiary/aromatic N) is 1. The minimum absolute atomic E-state index is 0.153. The van der Waals surface area contributed by atoms with E-state index in [0.29, 0.717) is 17.5 Å². The molecule has 92 valence electrons. The average molecular weight is 309 g/mol. The Balaban J connectivity index is 3.18. The summed E-state index contributed by atoms with van der Waals surface area (Å²) >= 11 is 3.01. The van der Waals surface area contributed by atoms with Crippen LogP contribution < -0.4 is 5.32 Å². The van der Waals surface area contributed by atoms with Crippen LogP contribution in [0.25, 0.3) is 0 Å². The van der Waals surface area contributed by atoms with Crippen molar-refractivity contribution in [1.82, 2.24) is 5.32 Å². The zero-order chi connectivity index (χ0) is 13.0. The molecule has 0 aliphatic carbocycles. The van der Waals surface area contributed by atoms with Crippen LogP contribution in [0, 0.1) is 21.7 Å². The van der Waals surface area contributed by atoms with E-state index in [1.807, 2.05) is 0 Å². The van der Waals surface area contributed by atoms with Crippen LogP contribution in [-0.4, -0.2) is 22.7 Å². The molecule has 0 radical (unpaired) electrons. The normalized spacial score (nSPS) is 10.1. The summed E-state index contributed by atoms with van der Waals surface area (Å²) in [6.07, 6.45) is 0. The molecule has 1 aromatic rings. The van der Waals surface area contributed by atoms with Crippen molar-refractivity contribution >= 4 is 27.5 Å². The van der Waals surface area contributed by atoms with E-state index in [9.17, 15) is 23.7 Å².